The number of nitrogens with one attached hydrogen (secondary N) is 1. The maximum atomic E-state index is 14.4. The monoisotopic (exact) mass is 439 g/mol. The van der Waals surface area contributed by atoms with E-state index in [1.165, 1.54) is 18.2 Å². The third kappa shape index (κ3) is 4.29. The summed E-state index contributed by atoms with van der Waals surface area (Å²) in [6.07, 6.45) is 0. The molecule has 0 fully saturated rings. The van der Waals surface area contributed by atoms with Crippen molar-refractivity contribution in [3.05, 3.63) is 71.3 Å². The van der Waals surface area contributed by atoms with Gasteiger partial charge in [0.15, 0.2) is 23.1 Å². The molecule has 164 valence electrons. The number of phenolic OH excluding ortho intramolecular Hbond substituents is 1. The Balaban J connectivity index is 1.63. The molecule has 0 atom stereocenters. The minimum atomic E-state index is -1.10. The molecule has 0 aliphatic carbocycles. The summed E-state index contributed by atoms with van der Waals surface area (Å²) >= 11 is 0. The number of amidine groups is 2. The van der Waals surface area contributed by atoms with Crippen molar-refractivity contribution in [2.75, 3.05) is 20.1 Å². The number of phenols is 1. The van der Waals surface area contributed by atoms with Gasteiger partial charge in [-0.15, -0.1) is 0 Å². The average molecular weight is 439 g/mol. The molecule has 0 unspecified atom stereocenters. The van der Waals surface area contributed by atoms with Crippen molar-refractivity contribution in [3.8, 4) is 29.0 Å². The first-order valence-corrected chi connectivity index (χ1v) is 9.57. The Bertz CT molecular complexity index is 1230. The Kier molecular flexibility index (Phi) is 5.59. The van der Waals surface area contributed by atoms with E-state index < -0.39 is 23.4 Å². The number of likely N-dealkylation sites (N-methyl/N-ethyl adjacent to an activating group) is 1. The van der Waals surface area contributed by atoms with Gasteiger partial charge in [-0.2, -0.15) is 4.98 Å². The van der Waals surface area contributed by atoms with E-state index in [9.17, 15) is 13.9 Å². The van der Waals surface area contributed by atoms with Gasteiger partial charge in [0.2, 0.25) is 0 Å². The Morgan fingerprint density at radius 2 is 1.84 bits per heavy atom. The Hall–Kier alpha value is -4.21. The van der Waals surface area contributed by atoms with Gasteiger partial charge in [-0.25, -0.2) is 8.78 Å². The molecule has 0 saturated heterocycles. The molecule has 3 aromatic rings. The predicted octanol–water partition coefficient (Wildman–Crippen LogP) is 3.63. The van der Waals surface area contributed by atoms with Gasteiger partial charge < -0.3 is 25.2 Å². The van der Waals surface area contributed by atoms with Crippen LogP contribution < -0.4 is 15.2 Å². The molecule has 2 heterocycles. The highest BCUT2D eigenvalue weighted by molar-refractivity contribution is 6.00. The van der Waals surface area contributed by atoms with Gasteiger partial charge >= 0.3 is 0 Å². The lowest BCUT2D eigenvalue weighted by Gasteiger charge is -2.15. The highest BCUT2D eigenvalue weighted by Crippen LogP contribution is 2.34. The van der Waals surface area contributed by atoms with E-state index in [1.54, 1.807) is 18.2 Å². The highest BCUT2D eigenvalue weighted by Gasteiger charge is 2.19. The quantitative estimate of drug-likeness (QED) is 0.399. The van der Waals surface area contributed by atoms with E-state index in [4.69, 9.17) is 20.6 Å². The number of nitrogen functional groups attached to an aromatic ring is 1. The summed E-state index contributed by atoms with van der Waals surface area (Å²) in [6.45, 7) is 1.48. The number of pyridine rings is 1. The van der Waals surface area contributed by atoms with Crippen molar-refractivity contribution in [2.24, 2.45) is 10.7 Å². The highest BCUT2D eigenvalue weighted by atomic mass is 19.1. The third-order valence-electron chi connectivity index (χ3n) is 4.71. The number of hydrogen-bond donors (Lipinski definition) is 3. The number of aromatic nitrogens is 1. The summed E-state index contributed by atoms with van der Waals surface area (Å²) in [4.78, 5) is 10.2. The number of nitrogens with zero attached hydrogens (tertiary/aromatic N) is 3. The molecule has 4 rings (SSSR count). The molecule has 2 aromatic carbocycles. The first-order valence-electron chi connectivity index (χ1n) is 9.57. The van der Waals surface area contributed by atoms with Crippen molar-refractivity contribution >= 4 is 11.7 Å². The number of ether oxygens (including phenoxy) is 2. The Morgan fingerprint density at radius 1 is 1.09 bits per heavy atom. The van der Waals surface area contributed by atoms with Crippen LogP contribution in [0.2, 0.25) is 0 Å². The summed E-state index contributed by atoms with van der Waals surface area (Å²) in [5.74, 6) is -3.01. The summed E-state index contributed by atoms with van der Waals surface area (Å²) in [6, 6.07) is 11.3. The van der Waals surface area contributed by atoms with Crippen LogP contribution in [0.4, 0.5) is 8.78 Å². The predicted molar refractivity (Wildman–Crippen MR) is 114 cm³/mol. The number of aromatic hydroxyl groups is 1. The fraction of sp³-hybridized carbons (Fsp3) is 0.136. The maximum absolute atomic E-state index is 14.4. The number of nitrogens with two attached hydrogens (primary N) is 1. The van der Waals surface area contributed by atoms with Crippen molar-refractivity contribution in [3.63, 3.8) is 0 Å². The van der Waals surface area contributed by atoms with Crippen molar-refractivity contribution in [1.29, 1.82) is 5.41 Å². The van der Waals surface area contributed by atoms with Crippen LogP contribution in [0.1, 0.15) is 11.1 Å². The zero-order valence-corrected chi connectivity index (χ0v) is 17.0. The SMILES string of the molecule is CN1CCN=C1c1cccc(Oc2nc(Oc3cc(C(=N)N)ccc3O)c(F)cc2F)c1. The van der Waals surface area contributed by atoms with Crippen molar-refractivity contribution in [2.45, 2.75) is 0 Å². The second-order valence-electron chi connectivity index (χ2n) is 7.02. The van der Waals surface area contributed by atoms with E-state index in [0.717, 1.165) is 17.9 Å². The summed E-state index contributed by atoms with van der Waals surface area (Å²) in [5, 5.41) is 17.5. The summed E-state index contributed by atoms with van der Waals surface area (Å²) < 4.78 is 39.5. The number of hydrogen-bond acceptors (Lipinski definition) is 7. The number of rotatable bonds is 6. The van der Waals surface area contributed by atoms with Crippen LogP contribution in [-0.4, -0.2) is 46.8 Å². The van der Waals surface area contributed by atoms with Gasteiger partial charge in [0.25, 0.3) is 11.8 Å². The molecule has 0 amide bonds. The smallest absolute Gasteiger partial charge is 0.259 e. The zero-order valence-electron chi connectivity index (χ0n) is 17.0. The normalized spacial score (nSPS) is 13.1. The molecule has 0 spiro atoms. The molecule has 10 heteroatoms. The Labute approximate surface area is 182 Å². The number of halogens is 2. The van der Waals surface area contributed by atoms with Crippen LogP contribution in [0.15, 0.2) is 53.5 Å². The molecule has 0 radical (unpaired) electrons. The second-order valence-corrected chi connectivity index (χ2v) is 7.02. The van der Waals surface area contributed by atoms with E-state index in [1.807, 2.05) is 18.0 Å². The molecule has 1 aliphatic rings. The summed E-state index contributed by atoms with van der Waals surface area (Å²) in [5.41, 5.74) is 6.46. The molecule has 4 N–H and O–H groups in total. The molecular formula is C22H19F2N5O3. The zero-order chi connectivity index (χ0) is 22.8. The fourth-order valence-electron chi connectivity index (χ4n) is 3.10. The minimum Gasteiger partial charge on any atom is -0.504 e. The van der Waals surface area contributed by atoms with Gasteiger partial charge in [0, 0.05) is 30.8 Å². The summed E-state index contributed by atoms with van der Waals surface area (Å²) in [7, 11) is 1.92. The standard InChI is InChI=1S/C22H19F2N5O3/c1-29-8-7-27-20(29)13-3-2-4-14(9-13)31-21-15(23)11-16(24)22(28-21)32-18-10-12(19(25)26)5-6-17(18)30/h2-6,9-11,30H,7-8H2,1H3,(H3,25,26). The fourth-order valence-corrected chi connectivity index (χ4v) is 3.10. The van der Waals surface area contributed by atoms with Gasteiger partial charge in [0.05, 0.1) is 6.54 Å². The van der Waals surface area contributed by atoms with Crippen LogP contribution in [-0.2, 0) is 0 Å². The molecule has 0 bridgehead atoms. The van der Waals surface area contributed by atoms with Crippen LogP contribution in [0, 0.1) is 17.0 Å². The van der Waals surface area contributed by atoms with Crippen molar-refractivity contribution < 1.29 is 23.4 Å². The van der Waals surface area contributed by atoms with Gasteiger partial charge in [-0.1, -0.05) is 12.1 Å². The minimum absolute atomic E-state index is 0.203. The average Bonchev–Trinajstić information content (AvgIpc) is 3.19. The first-order chi connectivity index (χ1) is 15.3. The maximum Gasteiger partial charge on any atom is 0.259 e. The lowest BCUT2D eigenvalue weighted by molar-refractivity contribution is 0.361. The molecule has 1 aliphatic heterocycles. The van der Waals surface area contributed by atoms with Gasteiger partial charge in [-0.3, -0.25) is 10.4 Å². The van der Waals surface area contributed by atoms with Crippen LogP contribution in [0.25, 0.3) is 0 Å². The van der Waals surface area contributed by atoms with Crippen LogP contribution in [0.5, 0.6) is 29.0 Å². The molecule has 1 aromatic heterocycles. The number of benzene rings is 2. The van der Waals surface area contributed by atoms with E-state index in [2.05, 4.69) is 9.98 Å². The lowest BCUT2D eigenvalue weighted by atomic mass is 10.2. The van der Waals surface area contributed by atoms with Crippen LogP contribution >= 0.6 is 0 Å². The molecular weight excluding hydrogens is 420 g/mol. The van der Waals surface area contributed by atoms with Gasteiger partial charge in [-0.05, 0) is 30.3 Å². The first kappa shape index (κ1) is 21.0. The van der Waals surface area contributed by atoms with Crippen LogP contribution in [0.3, 0.4) is 0 Å². The third-order valence-corrected chi connectivity index (χ3v) is 4.71. The van der Waals surface area contributed by atoms with Gasteiger partial charge in [0.1, 0.15) is 17.4 Å². The lowest BCUT2D eigenvalue weighted by Crippen LogP contribution is -2.23. The molecule has 8 nitrogen and oxygen atoms in total. The van der Waals surface area contributed by atoms with E-state index in [-0.39, 0.29) is 28.6 Å². The second kappa shape index (κ2) is 8.50. The molecule has 0 saturated carbocycles. The van der Waals surface area contributed by atoms with E-state index >= 15 is 0 Å². The van der Waals surface area contributed by atoms with Crippen molar-refractivity contribution in [1.82, 2.24) is 9.88 Å². The largest absolute Gasteiger partial charge is 0.504 e. The topological polar surface area (TPSA) is 117 Å². The Morgan fingerprint density at radius 3 is 2.53 bits per heavy atom. The molecule has 32 heavy (non-hydrogen) atoms. The van der Waals surface area contributed by atoms with E-state index in [0.29, 0.717) is 12.6 Å². The number of aliphatic imine (C=N–C) groups is 1.